The molecule has 3 heteroatoms. The monoisotopic (exact) mass is 182 g/mol. The Morgan fingerprint density at radius 1 is 1.58 bits per heavy atom. The molecule has 1 heterocycles. The van der Waals surface area contributed by atoms with Gasteiger partial charge >= 0.3 is 0 Å². The number of hydrogen-bond donors (Lipinski definition) is 1. The summed E-state index contributed by atoms with van der Waals surface area (Å²) in [4.78, 5) is 0. The van der Waals surface area contributed by atoms with Crippen molar-refractivity contribution in [1.29, 1.82) is 5.26 Å². The van der Waals surface area contributed by atoms with Crippen LogP contribution in [0.3, 0.4) is 0 Å². The zero-order valence-corrected chi connectivity index (χ0v) is 7.99. The number of thioether (sulfide) groups is 1. The van der Waals surface area contributed by atoms with E-state index >= 15 is 0 Å². The minimum Gasteiger partial charge on any atom is -0.296 e. The van der Waals surface area contributed by atoms with Crippen LogP contribution in [0.4, 0.5) is 0 Å². The number of hydrogen-bond acceptors (Lipinski definition) is 3. The van der Waals surface area contributed by atoms with Crippen LogP contribution in [0.15, 0.2) is 12.7 Å². The van der Waals surface area contributed by atoms with E-state index in [0.717, 1.165) is 30.9 Å². The molecule has 0 amide bonds. The van der Waals surface area contributed by atoms with Crippen LogP contribution in [0.2, 0.25) is 0 Å². The third-order valence-corrected chi connectivity index (χ3v) is 3.13. The number of nitrogens with zero attached hydrogens (tertiary/aromatic N) is 1. The molecule has 0 aromatic heterocycles. The number of nitrogens with one attached hydrogen (secondary N) is 1. The van der Waals surface area contributed by atoms with Crippen LogP contribution >= 0.6 is 11.8 Å². The molecule has 2 nitrogen and oxygen atoms in total. The highest BCUT2D eigenvalue weighted by Crippen LogP contribution is 2.26. The molecular weight excluding hydrogens is 168 g/mol. The molecule has 12 heavy (non-hydrogen) atoms. The lowest BCUT2D eigenvalue weighted by Crippen LogP contribution is -2.46. The van der Waals surface area contributed by atoms with Gasteiger partial charge in [0.15, 0.2) is 0 Å². The fourth-order valence-corrected chi connectivity index (χ4v) is 2.51. The maximum absolute atomic E-state index is 9.01. The van der Waals surface area contributed by atoms with E-state index in [-0.39, 0.29) is 5.54 Å². The van der Waals surface area contributed by atoms with Crippen molar-refractivity contribution in [3.63, 3.8) is 0 Å². The lowest BCUT2D eigenvalue weighted by atomic mass is 9.94. The van der Waals surface area contributed by atoms with Crippen molar-refractivity contribution in [2.24, 2.45) is 0 Å². The van der Waals surface area contributed by atoms with E-state index in [1.165, 1.54) is 0 Å². The topological polar surface area (TPSA) is 35.8 Å². The summed E-state index contributed by atoms with van der Waals surface area (Å²) in [5.41, 5.74) is -0.264. The van der Waals surface area contributed by atoms with Gasteiger partial charge in [0.05, 0.1) is 6.07 Å². The van der Waals surface area contributed by atoms with Crippen molar-refractivity contribution in [3.05, 3.63) is 12.7 Å². The second-order valence-corrected chi connectivity index (χ2v) is 4.20. The molecule has 0 atom stereocenters. The van der Waals surface area contributed by atoms with E-state index < -0.39 is 0 Å². The number of rotatable bonds is 3. The molecule has 1 N–H and O–H groups in total. The molecule has 1 saturated heterocycles. The summed E-state index contributed by atoms with van der Waals surface area (Å²) in [6, 6.07) is 2.38. The smallest absolute Gasteiger partial charge is 0.108 e. The van der Waals surface area contributed by atoms with Crippen molar-refractivity contribution in [2.75, 3.05) is 18.1 Å². The van der Waals surface area contributed by atoms with Gasteiger partial charge in [-0.05, 0) is 24.3 Å². The van der Waals surface area contributed by atoms with Gasteiger partial charge in [0.25, 0.3) is 0 Å². The Morgan fingerprint density at radius 2 is 2.25 bits per heavy atom. The van der Waals surface area contributed by atoms with Crippen LogP contribution < -0.4 is 5.32 Å². The van der Waals surface area contributed by atoms with Crippen LogP contribution in [-0.2, 0) is 0 Å². The molecule has 1 fully saturated rings. The summed E-state index contributed by atoms with van der Waals surface area (Å²) in [5.74, 6) is 2.19. The van der Waals surface area contributed by atoms with E-state index in [1.54, 1.807) is 6.08 Å². The van der Waals surface area contributed by atoms with Crippen molar-refractivity contribution in [1.82, 2.24) is 5.32 Å². The van der Waals surface area contributed by atoms with E-state index in [9.17, 15) is 0 Å². The average Bonchev–Trinajstić information content (AvgIpc) is 2.16. The molecular formula is C9H14N2S. The predicted molar refractivity (Wildman–Crippen MR) is 53.1 cm³/mol. The summed E-state index contributed by atoms with van der Waals surface area (Å²) in [5, 5.41) is 12.3. The largest absolute Gasteiger partial charge is 0.296 e. The summed E-state index contributed by atoms with van der Waals surface area (Å²) < 4.78 is 0. The summed E-state index contributed by atoms with van der Waals surface area (Å²) in [6.07, 6.45) is 3.73. The molecule has 0 radical (unpaired) electrons. The highest BCUT2D eigenvalue weighted by Gasteiger charge is 2.30. The molecule has 0 bridgehead atoms. The second kappa shape index (κ2) is 4.54. The van der Waals surface area contributed by atoms with Crippen LogP contribution in [0, 0.1) is 11.3 Å². The Hall–Kier alpha value is -0.460. The molecule has 0 spiro atoms. The zero-order valence-electron chi connectivity index (χ0n) is 7.18. The first kappa shape index (κ1) is 9.63. The van der Waals surface area contributed by atoms with E-state index in [0.29, 0.717) is 0 Å². The summed E-state index contributed by atoms with van der Waals surface area (Å²) in [7, 11) is 0. The fraction of sp³-hybridized carbons (Fsp3) is 0.667. The summed E-state index contributed by atoms with van der Waals surface area (Å²) >= 11 is 1.93. The lowest BCUT2D eigenvalue weighted by Gasteiger charge is -2.30. The van der Waals surface area contributed by atoms with Crippen molar-refractivity contribution in [3.8, 4) is 6.07 Å². The lowest BCUT2D eigenvalue weighted by molar-refractivity contribution is 0.403. The normalized spacial score (nSPS) is 21.2. The quantitative estimate of drug-likeness (QED) is 0.673. The average molecular weight is 182 g/mol. The van der Waals surface area contributed by atoms with Crippen molar-refractivity contribution >= 4 is 11.8 Å². The van der Waals surface area contributed by atoms with Gasteiger partial charge in [-0.15, -0.1) is 6.58 Å². The Labute approximate surface area is 78.0 Å². The van der Waals surface area contributed by atoms with Crippen LogP contribution in [0.5, 0.6) is 0 Å². The van der Waals surface area contributed by atoms with Crippen molar-refractivity contribution in [2.45, 2.75) is 18.4 Å². The second-order valence-electron chi connectivity index (χ2n) is 2.98. The molecule has 0 aliphatic carbocycles. The van der Waals surface area contributed by atoms with Gasteiger partial charge in [-0.25, -0.2) is 0 Å². The SMILES string of the molecule is C=CCNC1(C#N)CCSCC1. The summed E-state index contributed by atoms with van der Waals surface area (Å²) in [6.45, 7) is 4.37. The number of nitriles is 1. The first-order chi connectivity index (χ1) is 5.83. The van der Waals surface area contributed by atoms with E-state index in [1.807, 2.05) is 11.8 Å². The molecule has 1 aliphatic rings. The third kappa shape index (κ3) is 2.26. The van der Waals surface area contributed by atoms with Gasteiger partial charge in [-0.1, -0.05) is 6.08 Å². The fourth-order valence-electron chi connectivity index (χ4n) is 1.32. The maximum Gasteiger partial charge on any atom is 0.108 e. The highest BCUT2D eigenvalue weighted by atomic mass is 32.2. The predicted octanol–water partition coefficient (Wildman–Crippen LogP) is 1.55. The Morgan fingerprint density at radius 3 is 2.75 bits per heavy atom. The molecule has 0 aromatic rings. The molecule has 1 aliphatic heterocycles. The molecule has 66 valence electrons. The van der Waals surface area contributed by atoms with Crippen LogP contribution in [0.25, 0.3) is 0 Å². The maximum atomic E-state index is 9.01. The third-order valence-electron chi connectivity index (χ3n) is 2.15. The standard InChI is InChI=1S/C9H14N2S/c1-2-5-11-9(8-10)3-6-12-7-4-9/h2,11H,1,3-7H2. The van der Waals surface area contributed by atoms with E-state index in [4.69, 9.17) is 5.26 Å². The van der Waals surface area contributed by atoms with Crippen LogP contribution in [0.1, 0.15) is 12.8 Å². The Kier molecular flexibility index (Phi) is 3.64. The molecule has 0 unspecified atom stereocenters. The Bertz CT molecular complexity index is 189. The van der Waals surface area contributed by atoms with Crippen LogP contribution in [-0.4, -0.2) is 23.6 Å². The van der Waals surface area contributed by atoms with Gasteiger partial charge in [-0.3, -0.25) is 5.32 Å². The van der Waals surface area contributed by atoms with E-state index in [2.05, 4.69) is 18.0 Å². The first-order valence-corrected chi connectivity index (χ1v) is 5.33. The molecule has 0 aromatic carbocycles. The van der Waals surface area contributed by atoms with Gasteiger partial charge in [-0.2, -0.15) is 17.0 Å². The minimum absolute atomic E-state index is 0.264. The van der Waals surface area contributed by atoms with Gasteiger partial charge in [0.2, 0.25) is 0 Å². The Balaban J connectivity index is 2.49. The van der Waals surface area contributed by atoms with Crippen molar-refractivity contribution < 1.29 is 0 Å². The molecule has 1 rings (SSSR count). The van der Waals surface area contributed by atoms with Gasteiger partial charge < -0.3 is 0 Å². The first-order valence-electron chi connectivity index (χ1n) is 4.18. The molecule has 0 saturated carbocycles. The van der Waals surface area contributed by atoms with Gasteiger partial charge in [0.1, 0.15) is 5.54 Å². The highest BCUT2D eigenvalue weighted by molar-refractivity contribution is 7.99. The van der Waals surface area contributed by atoms with Gasteiger partial charge in [0, 0.05) is 6.54 Å². The minimum atomic E-state index is -0.264. The zero-order chi connectivity index (χ0) is 8.86.